The number of nitrogens with zero attached hydrogens (tertiary/aromatic N) is 1. The molecule has 3 nitrogen and oxygen atoms in total. The summed E-state index contributed by atoms with van der Waals surface area (Å²) in [5.41, 5.74) is 0.894. The van der Waals surface area contributed by atoms with Crippen molar-refractivity contribution in [2.75, 3.05) is 11.9 Å². The van der Waals surface area contributed by atoms with Gasteiger partial charge >= 0.3 is 6.03 Å². The average molecular weight is 258 g/mol. The summed E-state index contributed by atoms with van der Waals surface area (Å²) < 4.78 is 0. The quantitative estimate of drug-likeness (QED) is 0.814. The number of nitrogens with one attached hydrogen (secondary N) is 1. The Hall–Kier alpha value is -1.51. The molecular formula is C16H22N2O. The molecule has 0 bridgehead atoms. The van der Waals surface area contributed by atoms with Crippen molar-refractivity contribution in [1.29, 1.82) is 0 Å². The van der Waals surface area contributed by atoms with Crippen LogP contribution in [0.2, 0.25) is 0 Å². The van der Waals surface area contributed by atoms with E-state index in [4.69, 9.17) is 0 Å². The first-order chi connectivity index (χ1) is 9.34. The molecule has 1 aliphatic carbocycles. The predicted octanol–water partition coefficient (Wildman–Crippen LogP) is 3.87. The zero-order valence-electron chi connectivity index (χ0n) is 11.3. The summed E-state index contributed by atoms with van der Waals surface area (Å²) in [5, 5.41) is 3.03. The van der Waals surface area contributed by atoms with Gasteiger partial charge in [0.2, 0.25) is 0 Å². The van der Waals surface area contributed by atoms with Gasteiger partial charge in [0.1, 0.15) is 0 Å². The summed E-state index contributed by atoms with van der Waals surface area (Å²) in [6, 6.07) is 10.3. The van der Waals surface area contributed by atoms with Crippen molar-refractivity contribution in [1.82, 2.24) is 4.90 Å². The molecule has 1 heterocycles. The third kappa shape index (κ3) is 2.75. The van der Waals surface area contributed by atoms with Crippen LogP contribution in [0.25, 0.3) is 0 Å². The van der Waals surface area contributed by atoms with Gasteiger partial charge in [-0.15, -0.1) is 0 Å². The Morgan fingerprint density at radius 2 is 1.79 bits per heavy atom. The molecule has 19 heavy (non-hydrogen) atoms. The fraction of sp³-hybridized carbons (Fsp3) is 0.562. The maximum Gasteiger partial charge on any atom is 0.322 e. The minimum Gasteiger partial charge on any atom is -0.321 e. The number of likely N-dealkylation sites (tertiary alicyclic amines) is 1. The molecule has 0 radical (unpaired) electrons. The van der Waals surface area contributed by atoms with Crippen LogP contribution in [0.3, 0.4) is 0 Å². The van der Waals surface area contributed by atoms with Gasteiger partial charge in [0.15, 0.2) is 0 Å². The Morgan fingerprint density at radius 1 is 1.05 bits per heavy atom. The molecule has 2 atom stereocenters. The van der Waals surface area contributed by atoms with Crippen molar-refractivity contribution in [3.05, 3.63) is 30.3 Å². The van der Waals surface area contributed by atoms with E-state index in [1.165, 1.54) is 32.1 Å². The van der Waals surface area contributed by atoms with Crippen LogP contribution in [0.4, 0.5) is 10.5 Å². The van der Waals surface area contributed by atoms with Crippen molar-refractivity contribution in [2.24, 2.45) is 5.92 Å². The maximum absolute atomic E-state index is 12.4. The summed E-state index contributed by atoms with van der Waals surface area (Å²) in [5.74, 6) is 0.740. The number of piperidine rings is 1. The predicted molar refractivity (Wildman–Crippen MR) is 77.1 cm³/mol. The smallest absolute Gasteiger partial charge is 0.321 e. The lowest BCUT2D eigenvalue weighted by Crippen LogP contribution is -2.51. The SMILES string of the molecule is O=C(Nc1ccccc1)N1CCC[C@@H]2CCCC[C@@H]21. The molecule has 1 saturated heterocycles. The van der Waals surface area contributed by atoms with Crippen LogP contribution in [0.15, 0.2) is 30.3 Å². The van der Waals surface area contributed by atoms with Crippen LogP contribution in [-0.4, -0.2) is 23.5 Å². The highest BCUT2D eigenvalue weighted by atomic mass is 16.2. The van der Waals surface area contributed by atoms with Crippen LogP contribution in [0.5, 0.6) is 0 Å². The van der Waals surface area contributed by atoms with Gasteiger partial charge in [-0.2, -0.15) is 0 Å². The van der Waals surface area contributed by atoms with Gasteiger partial charge in [-0.1, -0.05) is 31.0 Å². The Bertz CT molecular complexity index is 430. The standard InChI is InChI=1S/C16H22N2O/c19-16(17-14-9-2-1-3-10-14)18-12-6-8-13-7-4-5-11-15(13)18/h1-3,9-10,13,15H,4-8,11-12H2,(H,17,19)/t13-,15-/m0/s1. The molecule has 3 heteroatoms. The Labute approximate surface area is 115 Å². The second-order valence-electron chi connectivity index (χ2n) is 5.74. The molecule has 2 amide bonds. The van der Waals surface area contributed by atoms with Crippen LogP contribution in [-0.2, 0) is 0 Å². The summed E-state index contributed by atoms with van der Waals surface area (Å²) >= 11 is 0. The molecule has 1 aromatic rings. The largest absolute Gasteiger partial charge is 0.322 e. The Kier molecular flexibility index (Phi) is 3.72. The van der Waals surface area contributed by atoms with Crippen LogP contribution in [0.1, 0.15) is 38.5 Å². The molecule has 1 N–H and O–H groups in total. The highest BCUT2D eigenvalue weighted by Crippen LogP contribution is 2.35. The van der Waals surface area contributed by atoms with Crippen molar-refractivity contribution in [2.45, 2.75) is 44.6 Å². The first-order valence-corrected chi connectivity index (χ1v) is 7.47. The molecule has 1 aromatic carbocycles. The average Bonchev–Trinajstić information content (AvgIpc) is 2.47. The number of para-hydroxylation sites is 1. The highest BCUT2D eigenvalue weighted by Gasteiger charge is 2.35. The number of carbonyl (C=O) groups excluding carboxylic acids is 1. The summed E-state index contributed by atoms with van der Waals surface area (Å²) in [6.45, 7) is 0.917. The molecule has 0 spiro atoms. The van der Waals surface area contributed by atoms with Crippen molar-refractivity contribution in [3.63, 3.8) is 0 Å². The molecule has 1 aliphatic heterocycles. The number of fused-ring (bicyclic) bond motifs is 1. The molecule has 102 valence electrons. The van der Waals surface area contributed by atoms with Gasteiger partial charge in [-0.25, -0.2) is 4.79 Å². The fourth-order valence-electron chi connectivity index (χ4n) is 3.59. The van der Waals surface area contributed by atoms with E-state index in [0.717, 1.165) is 24.6 Å². The minimum atomic E-state index is 0.0859. The number of rotatable bonds is 1. The molecule has 0 aromatic heterocycles. The minimum absolute atomic E-state index is 0.0859. The zero-order chi connectivity index (χ0) is 13.1. The van der Waals surface area contributed by atoms with E-state index in [2.05, 4.69) is 10.2 Å². The Balaban J connectivity index is 1.68. The second kappa shape index (κ2) is 5.64. The van der Waals surface area contributed by atoms with Crippen molar-refractivity contribution in [3.8, 4) is 0 Å². The molecule has 1 saturated carbocycles. The van der Waals surface area contributed by atoms with E-state index in [9.17, 15) is 4.79 Å². The van der Waals surface area contributed by atoms with Gasteiger partial charge in [-0.05, 0) is 43.7 Å². The van der Waals surface area contributed by atoms with Crippen LogP contribution in [0, 0.1) is 5.92 Å². The van der Waals surface area contributed by atoms with E-state index >= 15 is 0 Å². The maximum atomic E-state index is 12.4. The number of urea groups is 1. The van der Waals surface area contributed by atoms with Gasteiger partial charge in [-0.3, -0.25) is 0 Å². The lowest BCUT2D eigenvalue weighted by atomic mass is 9.78. The summed E-state index contributed by atoms with van der Waals surface area (Å²) in [7, 11) is 0. The van der Waals surface area contributed by atoms with E-state index in [1.807, 2.05) is 30.3 Å². The van der Waals surface area contributed by atoms with E-state index in [0.29, 0.717) is 6.04 Å². The number of carbonyl (C=O) groups is 1. The van der Waals surface area contributed by atoms with Crippen molar-refractivity contribution < 1.29 is 4.79 Å². The number of hydrogen-bond donors (Lipinski definition) is 1. The van der Waals surface area contributed by atoms with E-state index in [-0.39, 0.29) is 6.03 Å². The number of benzene rings is 1. The third-order valence-electron chi connectivity index (χ3n) is 4.53. The molecular weight excluding hydrogens is 236 g/mol. The van der Waals surface area contributed by atoms with Gasteiger partial charge in [0.05, 0.1) is 0 Å². The summed E-state index contributed by atoms with van der Waals surface area (Å²) in [4.78, 5) is 14.5. The van der Waals surface area contributed by atoms with E-state index < -0.39 is 0 Å². The molecule has 0 unspecified atom stereocenters. The van der Waals surface area contributed by atoms with Crippen molar-refractivity contribution >= 4 is 11.7 Å². The Morgan fingerprint density at radius 3 is 2.63 bits per heavy atom. The lowest BCUT2D eigenvalue weighted by Gasteiger charge is -2.43. The molecule has 2 fully saturated rings. The summed E-state index contributed by atoms with van der Waals surface area (Å²) in [6.07, 6.45) is 7.57. The molecule has 3 rings (SSSR count). The number of amides is 2. The highest BCUT2D eigenvalue weighted by molar-refractivity contribution is 5.89. The zero-order valence-corrected chi connectivity index (χ0v) is 11.3. The van der Waals surface area contributed by atoms with Crippen LogP contribution < -0.4 is 5.32 Å². The van der Waals surface area contributed by atoms with Gasteiger partial charge < -0.3 is 10.2 Å². The first-order valence-electron chi connectivity index (χ1n) is 7.47. The second-order valence-corrected chi connectivity index (χ2v) is 5.74. The van der Waals surface area contributed by atoms with Gasteiger partial charge in [0.25, 0.3) is 0 Å². The van der Waals surface area contributed by atoms with Crippen LogP contribution >= 0.6 is 0 Å². The fourth-order valence-corrected chi connectivity index (χ4v) is 3.59. The first kappa shape index (κ1) is 12.5. The number of anilines is 1. The lowest BCUT2D eigenvalue weighted by molar-refractivity contribution is 0.0909. The van der Waals surface area contributed by atoms with E-state index in [1.54, 1.807) is 0 Å². The van der Waals surface area contributed by atoms with Gasteiger partial charge in [0, 0.05) is 18.3 Å². The topological polar surface area (TPSA) is 32.3 Å². The monoisotopic (exact) mass is 258 g/mol. The molecule has 2 aliphatic rings. The normalized spacial score (nSPS) is 26.6. The third-order valence-corrected chi connectivity index (χ3v) is 4.53. The number of hydrogen-bond acceptors (Lipinski definition) is 1.